The van der Waals surface area contributed by atoms with Crippen LogP contribution in [0.2, 0.25) is 0 Å². The van der Waals surface area contributed by atoms with Gasteiger partial charge in [0.2, 0.25) is 5.91 Å². The topological polar surface area (TPSA) is 32.3 Å². The highest BCUT2D eigenvalue weighted by molar-refractivity contribution is 5.75. The Bertz CT molecular complexity index is 181. The standard InChI is InChI=1S/C14H30N2O/c1-4-5-6-7-8-9-10-11-14(17)15-12-13-16(2)3/h4-13H2,1-3H3,(H,15,17). The van der Waals surface area contributed by atoms with Gasteiger partial charge >= 0.3 is 0 Å². The van der Waals surface area contributed by atoms with Crippen LogP contribution in [0, 0.1) is 0 Å². The van der Waals surface area contributed by atoms with Gasteiger partial charge in [0.05, 0.1) is 0 Å². The third-order valence-electron chi connectivity index (χ3n) is 2.89. The summed E-state index contributed by atoms with van der Waals surface area (Å²) in [6.07, 6.45) is 9.55. The van der Waals surface area contributed by atoms with Crippen molar-refractivity contribution in [2.45, 2.75) is 58.3 Å². The molecule has 0 aliphatic rings. The first-order valence-electron chi connectivity index (χ1n) is 7.08. The Balaban J connectivity index is 3.16. The van der Waals surface area contributed by atoms with Crippen molar-refractivity contribution in [3.63, 3.8) is 0 Å². The lowest BCUT2D eigenvalue weighted by atomic mass is 10.1. The van der Waals surface area contributed by atoms with Crippen LogP contribution >= 0.6 is 0 Å². The fourth-order valence-corrected chi connectivity index (χ4v) is 1.75. The maximum atomic E-state index is 11.4. The lowest BCUT2D eigenvalue weighted by Gasteiger charge is -2.10. The lowest BCUT2D eigenvalue weighted by molar-refractivity contribution is -0.121. The van der Waals surface area contributed by atoms with Gasteiger partial charge in [-0.3, -0.25) is 4.79 Å². The number of nitrogens with zero attached hydrogens (tertiary/aromatic N) is 1. The van der Waals surface area contributed by atoms with Crippen molar-refractivity contribution in [1.29, 1.82) is 0 Å². The number of amides is 1. The van der Waals surface area contributed by atoms with Crippen molar-refractivity contribution in [3.8, 4) is 0 Å². The van der Waals surface area contributed by atoms with Gasteiger partial charge in [-0.2, -0.15) is 0 Å². The number of hydrogen-bond donors (Lipinski definition) is 1. The Labute approximate surface area is 107 Å². The van der Waals surface area contributed by atoms with Gasteiger partial charge in [0, 0.05) is 19.5 Å². The smallest absolute Gasteiger partial charge is 0.220 e. The van der Waals surface area contributed by atoms with Crippen LogP contribution in [0.5, 0.6) is 0 Å². The second-order valence-corrected chi connectivity index (χ2v) is 5.02. The van der Waals surface area contributed by atoms with E-state index in [1.807, 2.05) is 14.1 Å². The average molecular weight is 242 g/mol. The molecule has 0 bridgehead atoms. The zero-order valence-corrected chi connectivity index (χ0v) is 11.9. The molecule has 0 aromatic heterocycles. The number of nitrogens with one attached hydrogen (secondary N) is 1. The van der Waals surface area contributed by atoms with Gasteiger partial charge in [0.15, 0.2) is 0 Å². The molecule has 0 radical (unpaired) electrons. The van der Waals surface area contributed by atoms with Gasteiger partial charge in [-0.15, -0.1) is 0 Å². The molecule has 1 amide bonds. The van der Waals surface area contributed by atoms with Crippen LogP contribution in [0.15, 0.2) is 0 Å². The van der Waals surface area contributed by atoms with E-state index in [2.05, 4.69) is 17.1 Å². The van der Waals surface area contributed by atoms with E-state index in [-0.39, 0.29) is 5.91 Å². The van der Waals surface area contributed by atoms with E-state index in [9.17, 15) is 4.79 Å². The molecule has 3 nitrogen and oxygen atoms in total. The SMILES string of the molecule is CCCCCCCCCC(=O)NCCN(C)C. The average Bonchev–Trinajstić information content (AvgIpc) is 2.27. The van der Waals surface area contributed by atoms with E-state index in [0.29, 0.717) is 6.42 Å². The van der Waals surface area contributed by atoms with E-state index < -0.39 is 0 Å². The Morgan fingerprint density at radius 2 is 1.59 bits per heavy atom. The zero-order valence-electron chi connectivity index (χ0n) is 11.9. The normalized spacial score (nSPS) is 10.8. The van der Waals surface area contributed by atoms with Crippen molar-refractivity contribution in [3.05, 3.63) is 0 Å². The van der Waals surface area contributed by atoms with E-state index in [1.165, 1.54) is 38.5 Å². The summed E-state index contributed by atoms with van der Waals surface area (Å²) >= 11 is 0. The van der Waals surface area contributed by atoms with Crippen molar-refractivity contribution in [1.82, 2.24) is 10.2 Å². The van der Waals surface area contributed by atoms with Gasteiger partial charge in [-0.05, 0) is 20.5 Å². The minimum atomic E-state index is 0.209. The molecule has 0 aromatic carbocycles. The molecule has 0 saturated carbocycles. The molecule has 0 heterocycles. The summed E-state index contributed by atoms with van der Waals surface area (Å²) in [7, 11) is 4.03. The maximum Gasteiger partial charge on any atom is 0.220 e. The number of unbranched alkanes of at least 4 members (excludes halogenated alkanes) is 6. The lowest BCUT2D eigenvalue weighted by Crippen LogP contribution is -2.31. The minimum Gasteiger partial charge on any atom is -0.355 e. The molecule has 0 spiro atoms. The monoisotopic (exact) mass is 242 g/mol. The molecule has 3 heteroatoms. The summed E-state index contributed by atoms with van der Waals surface area (Å²) in [4.78, 5) is 13.5. The molecule has 0 fully saturated rings. The first kappa shape index (κ1) is 16.4. The largest absolute Gasteiger partial charge is 0.355 e. The van der Waals surface area contributed by atoms with Crippen LogP contribution < -0.4 is 5.32 Å². The van der Waals surface area contributed by atoms with Gasteiger partial charge in [0.1, 0.15) is 0 Å². The molecule has 0 unspecified atom stereocenters. The summed E-state index contributed by atoms with van der Waals surface area (Å²) in [5.41, 5.74) is 0. The summed E-state index contributed by atoms with van der Waals surface area (Å²) in [6.45, 7) is 3.92. The van der Waals surface area contributed by atoms with Crippen LogP contribution in [0.4, 0.5) is 0 Å². The first-order chi connectivity index (χ1) is 8.16. The number of likely N-dealkylation sites (N-methyl/N-ethyl adjacent to an activating group) is 1. The summed E-state index contributed by atoms with van der Waals surface area (Å²) in [5, 5.41) is 2.94. The molecule has 0 rings (SSSR count). The third kappa shape index (κ3) is 13.4. The van der Waals surface area contributed by atoms with E-state index in [0.717, 1.165) is 19.5 Å². The second-order valence-electron chi connectivity index (χ2n) is 5.02. The van der Waals surface area contributed by atoms with Crippen molar-refractivity contribution in [2.75, 3.05) is 27.2 Å². The zero-order chi connectivity index (χ0) is 12.9. The Kier molecular flexibility index (Phi) is 11.5. The predicted octanol–water partition coefficient (Wildman–Crippen LogP) is 2.80. The Morgan fingerprint density at radius 1 is 1.00 bits per heavy atom. The van der Waals surface area contributed by atoms with Gasteiger partial charge in [0.25, 0.3) is 0 Å². The van der Waals surface area contributed by atoms with E-state index >= 15 is 0 Å². The fraction of sp³-hybridized carbons (Fsp3) is 0.929. The number of carbonyl (C=O) groups excluding carboxylic acids is 1. The number of rotatable bonds is 11. The molecule has 17 heavy (non-hydrogen) atoms. The molecule has 0 aliphatic carbocycles. The van der Waals surface area contributed by atoms with Crippen LogP contribution in [0.1, 0.15) is 58.3 Å². The molecule has 0 aromatic rings. The van der Waals surface area contributed by atoms with Gasteiger partial charge < -0.3 is 10.2 Å². The van der Waals surface area contributed by atoms with Crippen molar-refractivity contribution in [2.24, 2.45) is 0 Å². The van der Waals surface area contributed by atoms with E-state index in [4.69, 9.17) is 0 Å². The summed E-state index contributed by atoms with van der Waals surface area (Å²) < 4.78 is 0. The molecule has 0 saturated heterocycles. The van der Waals surface area contributed by atoms with Crippen LogP contribution in [0.3, 0.4) is 0 Å². The van der Waals surface area contributed by atoms with Crippen molar-refractivity contribution >= 4 is 5.91 Å². The highest BCUT2D eigenvalue weighted by Gasteiger charge is 2.00. The quantitative estimate of drug-likeness (QED) is 0.565. The first-order valence-corrected chi connectivity index (χ1v) is 7.08. The Morgan fingerprint density at radius 3 is 2.18 bits per heavy atom. The molecule has 0 atom stereocenters. The molecule has 1 N–H and O–H groups in total. The number of carbonyl (C=O) groups is 1. The van der Waals surface area contributed by atoms with Crippen LogP contribution in [-0.4, -0.2) is 38.0 Å². The number of hydrogen-bond acceptors (Lipinski definition) is 2. The van der Waals surface area contributed by atoms with Gasteiger partial charge in [-0.25, -0.2) is 0 Å². The maximum absolute atomic E-state index is 11.4. The molecular weight excluding hydrogens is 212 g/mol. The predicted molar refractivity (Wildman–Crippen MR) is 74.2 cm³/mol. The van der Waals surface area contributed by atoms with Crippen LogP contribution in [0.25, 0.3) is 0 Å². The summed E-state index contributed by atoms with van der Waals surface area (Å²) in [6, 6.07) is 0. The summed E-state index contributed by atoms with van der Waals surface area (Å²) in [5.74, 6) is 0.209. The molecule has 102 valence electrons. The van der Waals surface area contributed by atoms with Gasteiger partial charge in [-0.1, -0.05) is 45.4 Å². The fourth-order valence-electron chi connectivity index (χ4n) is 1.75. The van der Waals surface area contributed by atoms with E-state index in [1.54, 1.807) is 0 Å². The molecule has 0 aliphatic heterocycles. The molecular formula is C14H30N2O. The minimum absolute atomic E-state index is 0.209. The Hall–Kier alpha value is -0.570. The van der Waals surface area contributed by atoms with Crippen molar-refractivity contribution < 1.29 is 4.79 Å². The van der Waals surface area contributed by atoms with Crippen LogP contribution in [-0.2, 0) is 4.79 Å². The highest BCUT2D eigenvalue weighted by Crippen LogP contribution is 2.08. The third-order valence-corrected chi connectivity index (χ3v) is 2.89. The highest BCUT2D eigenvalue weighted by atomic mass is 16.1. The second kappa shape index (κ2) is 11.9.